The first-order valence-electron chi connectivity index (χ1n) is 13.6. The van der Waals surface area contributed by atoms with Crippen LogP contribution < -0.4 is 20.7 Å². The topological polar surface area (TPSA) is 123 Å². The molecule has 0 atom stereocenters. The number of carbonyl (C=O) groups excluding carboxylic acids is 2. The molecule has 3 N–H and O–H groups in total. The Kier molecular flexibility index (Phi) is 7.26. The normalized spacial score (nSPS) is 18.7. The van der Waals surface area contributed by atoms with E-state index < -0.39 is 11.7 Å². The van der Waals surface area contributed by atoms with Crippen molar-refractivity contribution in [2.24, 2.45) is 5.92 Å². The second kappa shape index (κ2) is 11.3. The fourth-order valence-electron chi connectivity index (χ4n) is 5.03. The third-order valence-electron chi connectivity index (χ3n) is 7.29. The molecule has 1 amide bonds. The lowest BCUT2D eigenvalue weighted by Crippen LogP contribution is -2.28. The molecular weight excluding hydrogens is 513 g/mol. The molecule has 40 heavy (non-hydrogen) atoms. The first-order valence-corrected chi connectivity index (χ1v) is 13.6. The Morgan fingerprint density at radius 3 is 2.45 bits per heavy atom. The monoisotopic (exact) mass is 543 g/mol. The van der Waals surface area contributed by atoms with Crippen molar-refractivity contribution in [2.45, 2.75) is 57.0 Å². The largest absolute Gasteiger partial charge is 0.427 e. The smallest absolute Gasteiger partial charge is 0.311 e. The highest BCUT2D eigenvalue weighted by Gasteiger charge is 2.27. The Morgan fingerprint density at radius 1 is 0.950 bits per heavy atom. The lowest BCUT2D eigenvalue weighted by Gasteiger charge is -2.29. The Bertz CT molecular complexity index is 1510. The molecular formula is C29H30FN7O3. The van der Waals surface area contributed by atoms with Gasteiger partial charge >= 0.3 is 5.97 Å². The number of amides is 1. The molecule has 0 radical (unpaired) electrons. The summed E-state index contributed by atoms with van der Waals surface area (Å²) in [4.78, 5) is 33.6. The molecule has 6 rings (SSSR count). The molecule has 2 aliphatic carbocycles. The summed E-state index contributed by atoms with van der Waals surface area (Å²) in [5, 5.41) is 14.3. The average molecular weight is 544 g/mol. The van der Waals surface area contributed by atoms with E-state index in [0.29, 0.717) is 29.7 Å². The fourth-order valence-corrected chi connectivity index (χ4v) is 5.03. The number of hydrogen-bond donors (Lipinski definition) is 3. The van der Waals surface area contributed by atoms with Crippen molar-refractivity contribution in [3.8, 4) is 5.75 Å². The zero-order valence-corrected chi connectivity index (χ0v) is 21.8. The molecule has 0 saturated heterocycles. The highest BCUT2D eigenvalue weighted by Crippen LogP contribution is 2.32. The molecule has 0 bridgehead atoms. The lowest BCUT2D eigenvalue weighted by molar-refractivity contribution is -0.135. The van der Waals surface area contributed by atoms with Crippen LogP contribution in [0.4, 0.5) is 21.6 Å². The van der Waals surface area contributed by atoms with Crippen LogP contribution in [0.25, 0.3) is 5.65 Å². The number of nitrogens with one attached hydrogen (secondary N) is 3. The van der Waals surface area contributed by atoms with Crippen molar-refractivity contribution in [3.05, 3.63) is 72.6 Å². The molecule has 4 aromatic rings. The second-order valence-electron chi connectivity index (χ2n) is 10.4. The van der Waals surface area contributed by atoms with E-state index in [4.69, 9.17) is 4.74 Å². The number of nitrogens with zero attached hydrogens (tertiary/aromatic N) is 4. The third kappa shape index (κ3) is 6.03. The van der Waals surface area contributed by atoms with E-state index in [2.05, 4.69) is 31.0 Å². The molecule has 2 fully saturated rings. The summed E-state index contributed by atoms with van der Waals surface area (Å²) in [5.74, 6) is 0.100. The van der Waals surface area contributed by atoms with E-state index in [0.717, 1.165) is 50.4 Å². The Labute approximate surface area is 230 Å². The van der Waals surface area contributed by atoms with Crippen molar-refractivity contribution in [1.82, 2.24) is 19.6 Å². The number of hydrogen-bond acceptors (Lipinski definition) is 8. The molecule has 2 aliphatic rings. The van der Waals surface area contributed by atoms with Crippen LogP contribution >= 0.6 is 0 Å². The van der Waals surface area contributed by atoms with Gasteiger partial charge < -0.3 is 20.7 Å². The predicted octanol–water partition coefficient (Wildman–Crippen LogP) is 5.06. The Hall–Kier alpha value is -4.54. The number of fused-ring (bicyclic) bond motifs is 1. The summed E-state index contributed by atoms with van der Waals surface area (Å²) in [6, 6.07) is 13.0. The van der Waals surface area contributed by atoms with Crippen LogP contribution in [0.5, 0.6) is 5.75 Å². The zero-order valence-electron chi connectivity index (χ0n) is 21.8. The first kappa shape index (κ1) is 25.7. The minimum absolute atomic E-state index is 0.0324. The van der Waals surface area contributed by atoms with Crippen LogP contribution in [-0.4, -0.2) is 43.5 Å². The van der Waals surface area contributed by atoms with Gasteiger partial charge in [0.15, 0.2) is 17.2 Å². The van der Waals surface area contributed by atoms with Gasteiger partial charge in [-0.2, -0.15) is 0 Å². The van der Waals surface area contributed by atoms with Gasteiger partial charge in [-0.3, -0.25) is 14.6 Å². The van der Waals surface area contributed by atoms with E-state index >= 15 is 0 Å². The van der Waals surface area contributed by atoms with Crippen molar-refractivity contribution in [2.75, 3.05) is 16.0 Å². The molecule has 2 saturated carbocycles. The number of ether oxygens (including phenoxy) is 1. The quantitative estimate of drug-likeness (QED) is 0.198. The van der Waals surface area contributed by atoms with Gasteiger partial charge in [-0.15, -0.1) is 5.10 Å². The highest BCUT2D eigenvalue weighted by atomic mass is 19.1. The SMILES string of the molecule is O=C(CC1CCC(Nc2cc(NC3CC3)c3ncc(C(=O)Nc4ccncc4F)n3n2)CC1)Oc1ccccc1. The number of imidazole rings is 1. The van der Waals surface area contributed by atoms with Gasteiger partial charge in [0.25, 0.3) is 5.91 Å². The number of aromatic nitrogens is 4. The maximum atomic E-state index is 14.1. The number of rotatable bonds is 9. The van der Waals surface area contributed by atoms with Crippen molar-refractivity contribution in [1.29, 1.82) is 0 Å². The van der Waals surface area contributed by atoms with Crippen molar-refractivity contribution in [3.63, 3.8) is 0 Å². The van der Waals surface area contributed by atoms with E-state index in [-0.39, 0.29) is 29.3 Å². The number of benzene rings is 1. The molecule has 11 heteroatoms. The van der Waals surface area contributed by atoms with E-state index in [1.54, 1.807) is 12.1 Å². The van der Waals surface area contributed by atoms with Crippen LogP contribution in [-0.2, 0) is 4.79 Å². The summed E-state index contributed by atoms with van der Waals surface area (Å²) in [6.45, 7) is 0. The summed E-state index contributed by atoms with van der Waals surface area (Å²) in [5.41, 5.74) is 1.53. The van der Waals surface area contributed by atoms with Gasteiger partial charge in [-0.25, -0.2) is 13.9 Å². The second-order valence-corrected chi connectivity index (χ2v) is 10.4. The zero-order chi connectivity index (χ0) is 27.5. The van der Waals surface area contributed by atoms with Gasteiger partial charge in [0, 0.05) is 30.8 Å². The van der Waals surface area contributed by atoms with Crippen molar-refractivity contribution < 1.29 is 18.7 Å². The van der Waals surface area contributed by atoms with Crippen LogP contribution in [0.3, 0.4) is 0 Å². The molecule has 10 nitrogen and oxygen atoms in total. The Morgan fingerprint density at radius 2 is 1.70 bits per heavy atom. The molecule has 0 aliphatic heterocycles. The van der Waals surface area contributed by atoms with E-state index in [1.165, 1.54) is 23.0 Å². The van der Waals surface area contributed by atoms with Crippen LogP contribution in [0.2, 0.25) is 0 Å². The summed E-state index contributed by atoms with van der Waals surface area (Å²) in [7, 11) is 0. The van der Waals surface area contributed by atoms with Crippen LogP contribution in [0, 0.1) is 11.7 Å². The minimum atomic E-state index is -0.625. The molecule has 0 spiro atoms. The Balaban J connectivity index is 1.13. The number of para-hydroxylation sites is 1. The van der Waals surface area contributed by atoms with Gasteiger partial charge in [0.1, 0.15) is 11.6 Å². The molecule has 3 aromatic heterocycles. The van der Waals surface area contributed by atoms with Crippen LogP contribution in [0.15, 0.2) is 61.1 Å². The summed E-state index contributed by atoms with van der Waals surface area (Å²) in [6.07, 6.45) is 9.99. The molecule has 3 heterocycles. The number of halogens is 1. The summed E-state index contributed by atoms with van der Waals surface area (Å²) >= 11 is 0. The molecule has 0 unspecified atom stereocenters. The molecule has 1 aromatic carbocycles. The van der Waals surface area contributed by atoms with Gasteiger partial charge in [0.05, 0.1) is 23.8 Å². The lowest BCUT2D eigenvalue weighted by atomic mass is 9.84. The maximum Gasteiger partial charge on any atom is 0.311 e. The predicted molar refractivity (Wildman–Crippen MR) is 148 cm³/mol. The molecule has 206 valence electrons. The first-order chi connectivity index (χ1) is 19.5. The summed E-state index contributed by atoms with van der Waals surface area (Å²) < 4.78 is 21.0. The number of pyridine rings is 1. The third-order valence-corrected chi connectivity index (χ3v) is 7.29. The highest BCUT2D eigenvalue weighted by molar-refractivity contribution is 6.03. The van der Waals surface area contributed by atoms with Gasteiger partial charge in [-0.05, 0) is 62.6 Å². The minimum Gasteiger partial charge on any atom is -0.427 e. The van der Waals surface area contributed by atoms with E-state index in [9.17, 15) is 14.0 Å². The maximum absolute atomic E-state index is 14.1. The van der Waals surface area contributed by atoms with Crippen LogP contribution in [0.1, 0.15) is 55.4 Å². The number of anilines is 3. The average Bonchev–Trinajstić information content (AvgIpc) is 3.66. The standard InChI is InChI=1S/C29H30FN7O3/c30-22-16-31-13-12-23(22)35-29(39)25-17-32-28-24(33-19-10-11-19)15-26(36-37(25)28)34-20-8-6-18(7-9-20)14-27(38)40-21-4-2-1-3-5-21/h1-5,12-13,15-20,33H,6-11,14H2,(H,34,36)(H,31,35,39). The van der Waals surface area contributed by atoms with Gasteiger partial charge in [0.2, 0.25) is 0 Å². The van der Waals surface area contributed by atoms with Crippen molar-refractivity contribution >= 4 is 34.7 Å². The van der Waals surface area contributed by atoms with Gasteiger partial charge in [-0.1, -0.05) is 18.2 Å². The number of esters is 1. The number of carbonyl (C=O) groups is 2. The fraction of sp³-hybridized carbons (Fsp3) is 0.345. The van der Waals surface area contributed by atoms with E-state index in [1.807, 2.05) is 24.3 Å².